The largest absolute Gasteiger partial charge is 0.311 e. The van der Waals surface area contributed by atoms with Crippen molar-refractivity contribution in [3.8, 4) is 0 Å². The van der Waals surface area contributed by atoms with Gasteiger partial charge in [0.15, 0.2) is 0 Å². The zero-order chi connectivity index (χ0) is 43.2. The molecule has 7 heteroatoms. The lowest BCUT2D eigenvalue weighted by Crippen LogP contribution is -2.11. The molecule has 0 radical (unpaired) electrons. The first-order chi connectivity index (χ1) is 31.7. The summed E-state index contributed by atoms with van der Waals surface area (Å²) in [5, 5.41) is 20.7. The summed E-state index contributed by atoms with van der Waals surface area (Å²) in [4.78, 5) is 2.25. The maximum absolute atomic E-state index is 4.94. The van der Waals surface area contributed by atoms with Crippen LogP contribution in [0.25, 0.3) is 0 Å². The molecular formula is C57H45N7. The topological polar surface area (TPSA) is 50.0 Å². The van der Waals surface area contributed by atoms with Crippen molar-refractivity contribution in [3.63, 3.8) is 0 Å². The molecule has 0 aromatic heterocycles. The SMILES string of the molecule is C(=NN(c1ccccc1)c1ccccc1)c1ccc(N(c2ccc(C=NN(c3ccccc3)c3ccccc3)cc2)c2ccc(C=NN(c3ccccc3)c3ccccc3)cc2)cc1. The highest BCUT2D eigenvalue weighted by molar-refractivity contribution is 5.87. The van der Waals surface area contributed by atoms with Gasteiger partial charge in [0.25, 0.3) is 0 Å². The number of hydrazone groups is 3. The van der Waals surface area contributed by atoms with Crippen LogP contribution in [-0.2, 0) is 0 Å². The predicted octanol–water partition coefficient (Wildman–Crippen LogP) is 14.7. The average molecular weight is 828 g/mol. The molecule has 9 aromatic rings. The second-order valence-corrected chi connectivity index (χ2v) is 14.8. The molecule has 0 heterocycles. The molecule has 0 saturated heterocycles. The molecule has 0 aliphatic carbocycles. The van der Waals surface area contributed by atoms with Crippen LogP contribution in [-0.4, -0.2) is 18.6 Å². The minimum atomic E-state index is 0.974. The van der Waals surface area contributed by atoms with E-state index in [1.54, 1.807) is 0 Å². The minimum absolute atomic E-state index is 0.974. The number of para-hydroxylation sites is 6. The van der Waals surface area contributed by atoms with Crippen molar-refractivity contribution in [2.75, 3.05) is 19.9 Å². The number of hydrogen-bond acceptors (Lipinski definition) is 7. The molecule has 0 aliphatic heterocycles. The fourth-order valence-electron chi connectivity index (χ4n) is 7.21. The van der Waals surface area contributed by atoms with Gasteiger partial charge in [0.05, 0.1) is 52.8 Å². The van der Waals surface area contributed by atoms with Crippen molar-refractivity contribution in [3.05, 3.63) is 271 Å². The Bertz CT molecular complexity index is 2450. The maximum Gasteiger partial charge on any atom is 0.0652 e. The van der Waals surface area contributed by atoms with E-state index in [9.17, 15) is 0 Å². The third-order valence-electron chi connectivity index (χ3n) is 10.4. The molecule has 7 nitrogen and oxygen atoms in total. The van der Waals surface area contributed by atoms with Gasteiger partial charge in [-0.05, 0) is 126 Å². The molecular weight excluding hydrogens is 783 g/mol. The number of benzene rings is 9. The van der Waals surface area contributed by atoms with E-state index in [4.69, 9.17) is 15.3 Å². The van der Waals surface area contributed by atoms with Gasteiger partial charge in [0.2, 0.25) is 0 Å². The average Bonchev–Trinajstić information content (AvgIpc) is 3.37. The first kappa shape index (κ1) is 40.6. The minimum Gasteiger partial charge on any atom is -0.311 e. The van der Waals surface area contributed by atoms with E-state index in [2.05, 4.69) is 150 Å². The second-order valence-electron chi connectivity index (χ2n) is 14.8. The third-order valence-corrected chi connectivity index (χ3v) is 10.4. The van der Waals surface area contributed by atoms with Crippen molar-refractivity contribution in [1.29, 1.82) is 0 Å². The first-order valence-corrected chi connectivity index (χ1v) is 21.2. The summed E-state index contributed by atoms with van der Waals surface area (Å²) >= 11 is 0. The Kier molecular flexibility index (Phi) is 12.8. The van der Waals surface area contributed by atoms with E-state index in [0.717, 1.165) is 67.9 Å². The van der Waals surface area contributed by atoms with Gasteiger partial charge >= 0.3 is 0 Å². The number of hydrogen-bond donors (Lipinski definition) is 0. The number of anilines is 9. The van der Waals surface area contributed by atoms with Crippen LogP contribution in [0.1, 0.15) is 16.7 Å². The second kappa shape index (κ2) is 20.2. The molecule has 0 amide bonds. The van der Waals surface area contributed by atoms with Gasteiger partial charge < -0.3 is 4.90 Å². The van der Waals surface area contributed by atoms with Crippen molar-refractivity contribution >= 4 is 69.8 Å². The van der Waals surface area contributed by atoms with Crippen LogP contribution >= 0.6 is 0 Å². The van der Waals surface area contributed by atoms with Gasteiger partial charge in [-0.3, -0.25) is 0 Å². The number of nitrogens with zero attached hydrogens (tertiary/aromatic N) is 7. The lowest BCUT2D eigenvalue weighted by Gasteiger charge is -2.26. The Morgan fingerprint density at radius 3 is 0.578 bits per heavy atom. The summed E-state index contributed by atoms with van der Waals surface area (Å²) in [5.74, 6) is 0. The molecule has 0 aliphatic rings. The van der Waals surface area contributed by atoms with E-state index in [1.165, 1.54) is 0 Å². The van der Waals surface area contributed by atoms with Crippen molar-refractivity contribution in [2.45, 2.75) is 0 Å². The molecule has 0 N–H and O–H groups in total. The van der Waals surface area contributed by atoms with Crippen LogP contribution in [0.15, 0.2) is 270 Å². The molecule has 0 saturated carbocycles. The Morgan fingerprint density at radius 2 is 0.391 bits per heavy atom. The molecule has 9 aromatic carbocycles. The number of rotatable bonds is 15. The van der Waals surface area contributed by atoms with Gasteiger partial charge in [-0.2, -0.15) is 15.3 Å². The van der Waals surface area contributed by atoms with Crippen LogP contribution in [0.4, 0.5) is 51.2 Å². The summed E-state index contributed by atoms with van der Waals surface area (Å²) in [5.41, 5.74) is 11.8. The monoisotopic (exact) mass is 827 g/mol. The van der Waals surface area contributed by atoms with Gasteiger partial charge in [-0.25, -0.2) is 15.0 Å². The van der Waals surface area contributed by atoms with Crippen LogP contribution < -0.4 is 19.9 Å². The zero-order valence-electron chi connectivity index (χ0n) is 35.1. The lowest BCUT2D eigenvalue weighted by molar-refractivity contribution is 1.09. The maximum atomic E-state index is 4.94. The van der Waals surface area contributed by atoms with E-state index < -0.39 is 0 Å². The van der Waals surface area contributed by atoms with Crippen molar-refractivity contribution in [1.82, 2.24) is 0 Å². The molecule has 64 heavy (non-hydrogen) atoms. The fraction of sp³-hybridized carbons (Fsp3) is 0. The first-order valence-electron chi connectivity index (χ1n) is 21.2. The third kappa shape index (κ3) is 10.0. The van der Waals surface area contributed by atoms with E-state index in [0.29, 0.717) is 0 Å². The van der Waals surface area contributed by atoms with E-state index >= 15 is 0 Å². The molecule has 0 spiro atoms. The summed E-state index contributed by atoms with van der Waals surface area (Å²) in [6, 6.07) is 86.5. The lowest BCUT2D eigenvalue weighted by atomic mass is 10.1. The standard InChI is InChI=1S/C57H45N7/c1-7-19-52(20-8-1)62(53-21-9-2-10-22-53)58-43-46-31-37-49(38-32-46)61(50-39-33-47(34-40-50)44-59-63(54-23-11-3-12-24-54)55-25-13-4-14-26-55)51-41-35-48(36-42-51)45-60-64(56-27-15-5-16-28-56)57-29-17-6-18-30-57/h1-45H. The van der Waals surface area contributed by atoms with E-state index in [-0.39, 0.29) is 0 Å². The van der Waals surface area contributed by atoms with Gasteiger partial charge in [0, 0.05) is 17.1 Å². The van der Waals surface area contributed by atoms with Gasteiger partial charge in [0.1, 0.15) is 0 Å². The van der Waals surface area contributed by atoms with Gasteiger partial charge in [-0.15, -0.1) is 0 Å². The van der Waals surface area contributed by atoms with Crippen LogP contribution in [0.5, 0.6) is 0 Å². The quantitative estimate of drug-likeness (QED) is 0.0763. The fourth-order valence-corrected chi connectivity index (χ4v) is 7.21. The summed E-state index contributed by atoms with van der Waals surface area (Å²) < 4.78 is 0. The molecule has 0 fully saturated rings. The Hall–Kier alpha value is -8.81. The Labute approximate surface area is 375 Å². The zero-order valence-corrected chi connectivity index (χ0v) is 35.1. The Morgan fingerprint density at radius 1 is 0.203 bits per heavy atom. The van der Waals surface area contributed by atoms with Gasteiger partial charge in [-0.1, -0.05) is 146 Å². The Balaban J connectivity index is 1.02. The van der Waals surface area contributed by atoms with Crippen LogP contribution in [0, 0.1) is 0 Å². The smallest absolute Gasteiger partial charge is 0.0652 e. The summed E-state index contributed by atoms with van der Waals surface area (Å²) in [6.45, 7) is 0. The molecule has 0 unspecified atom stereocenters. The molecule has 308 valence electrons. The molecule has 0 atom stereocenters. The van der Waals surface area contributed by atoms with Crippen molar-refractivity contribution < 1.29 is 0 Å². The predicted molar refractivity (Wildman–Crippen MR) is 269 cm³/mol. The molecule has 0 bridgehead atoms. The highest BCUT2D eigenvalue weighted by Crippen LogP contribution is 2.35. The van der Waals surface area contributed by atoms with Crippen molar-refractivity contribution in [2.24, 2.45) is 15.3 Å². The highest BCUT2D eigenvalue weighted by atomic mass is 15.5. The van der Waals surface area contributed by atoms with E-state index in [1.807, 2.05) is 143 Å². The van der Waals surface area contributed by atoms with Crippen LogP contribution in [0.2, 0.25) is 0 Å². The summed E-state index contributed by atoms with van der Waals surface area (Å²) in [7, 11) is 0. The molecule has 9 rings (SSSR count). The highest BCUT2D eigenvalue weighted by Gasteiger charge is 2.14. The normalized spacial score (nSPS) is 11.2. The summed E-state index contributed by atoms with van der Waals surface area (Å²) in [6.07, 6.45) is 5.70. The van der Waals surface area contributed by atoms with Crippen LogP contribution in [0.3, 0.4) is 0 Å².